The van der Waals surface area contributed by atoms with Crippen LogP contribution < -0.4 is 9.47 Å². The molecule has 0 saturated carbocycles. The van der Waals surface area contributed by atoms with Crippen LogP contribution in [0.4, 0.5) is 0 Å². The first-order valence-electron chi connectivity index (χ1n) is 6.33. The Hall–Kier alpha value is -2.16. The van der Waals surface area contributed by atoms with Gasteiger partial charge in [-0.05, 0) is 11.6 Å². The third-order valence-corrected chi connectivity index (χ3v) is 3.64. The van der Waals surface area contributed by atoms with Crippen LogP contribution in [0.1, 0.15) is 30.1 Å². The summed E-state index contributed by atoms with van der Waals surface area (Å²) in [6, 6.07) is 13.6. The van der Waals surface area contributed by atoms with E-state index in [1.807, 2.05) is 18.2 Å². The summed E-state index contributed by atoms with van der Waals surface area (Å²) in [6.45, 7) is 2.11. The number of benzene rings is 2. The van der Waals surface area contributed by atoms with Gasteiger partial charge in [-0.25, -0.2) is 0 Å². The predicted molar refractivity (Wildman–Crippen MR) is 72.9 cm³/mol. The zero-order chi connectivity index (χ0) is 13.4. The molecule has 0 amide bonds. The summed E-state index contributed by atoms with van der Waals surface area (Å²) in [4.78, 5) is 0. The largest absolute Gasteiger partial charge is 0.504 e. The minimum Gasteiger partial charge on any atom is -0.504 e. The lowest BCUT2D eigenvalue weighted by molar-refractivity contribution is 0.215. The number of aromatic hydroxyl groups is 1. The average molecular weight is 256 g/mol. The lowest BCUT2D eigenvalue weighted by Gasteiger charge is -2.15. The van der Waals surface area contributed by atoms with E-state index in [2.05, 4.69) is 19.1 Å². The van der Waals surface area contributed by atoms with Gasteiger partial charge in [-0.15, -0.1) is 0 Å². The van der Waals surface area contributed by atoms with Crippen molar-refractivity contribution < 1.29 is 14.6 Å². The van der Waals surface area contributed by atoms with Gasteiger partial charge in [0.25, 0.3) is 0 Å². The van der Waals surface area contributed by atoms with Crippen molar-refractivity contribution >= 4 is 0 Å². The lowest BCUT2D eigenvalue weighted by atomic mass is 9.93. The van der Waals surface area contributed by atoms with Gasteiger partial charge in [-0.3, -0.25) is 0 Å². The molecule has 1 heterocycles. The van der Waals surface area contributed by atoms with Crippen molar-refractivity contribution in [3.05, 3.63) is 53.6 Å². The molecule has 2 atom stereocenters. The van der Waals surface area contributed by atoms with Crippen LogP contribution in [0.5, 0.6) is 17.2 Å². The first kappa shape index (κ1) is 11.9. The molecule has 0 aliphatic carbocycles. The number of ether oxygens (including phenoxy) is 2. The molecule has 3 rings (SSSR count). The Kier molecular flexibility index (Phi) is 2.82. The Morgan fingerprint density at radius 3 is 2.58 bits per heavy atom. The predicted octanol–water partition coefficient (Wildman–Crippen LogP) is 3.64. The number of phenols is 1. The van der Waals surface area contributed by atoms with Crippen molar-refractivity contribution in [1.29, 1.82) is 0 Å². The Balaban J connectivity index is 2.00. The van der Waals surface area contributed by atoms with Crippen LogP contribution in [0.15, 0.2) is 42.5 Å². The second kappa shape index (κ2) is 4.50. The van der Waals surface area contributed by atoms with Crippen molar-refractivity contribution in [3.8, 4) is 17.2 Å². The van der Waals surface area contributed by atoms with Gasteiger partial charge in [0.1, 0.15) is 11.9 Å². The van der Waals surface area contributed by atoms with E-state index < -0.39 is 0 Å². The van der Waals surface area contributed by atoms with E-state index >= 15 is 0 Å². The second-order valence-corrected chi connectivity index (χ2v) is 4.80. The molecule has 19 heavy (non-hydrogen) atoms. The monoisotopic (exact) mass is 256 g/mol. The fraction of sp³-hybridized carbons (Fsp3) is 0.250. The van der Waals surface area contributed by atoms with Crippen LogP contribution in [0, 0.1) is 0 Å². The van der Waals surface area contributed by atoms with E-state index in [9.17, 15) is 5.11 Å². The summed E-state index contributed by atoms with van der Waals surface area (Å²) in [5.74, 6) is 1.59. The van der Waals surface area contributed by atoms with E-state index in [0.717, 1.165) is 16.9 Å². The van der Waals surface area contributed by atoms with Crippen molar-refractivity contribution in [3.63, 3.8) is 0 Å². The molecule has 0 unspecified atom stereocenters. The fourth-order valence-corrected chi connectivity index (χ4v) is 2.59. The Morgan fingerprint density at radius 2 is 1.89 bits per heavy atom. The van der Waals surface area contributed by atoms with Gasteiger partial charge >= 0.3 is 0 Å². The van der Waals surface area contributed by atoms with Crippen LogP contribution >= 0.6 is 0 Å². The minimum absolute atomic E-state index is 0.0114. The molecule has 0 fully saturated rings. The van der Waals surface area contributed by atoms with E-state index in [1.54, 1.807) is 12.1 Å². The van der Waals surface area contributed by atoms with Crippen LogP contribution in [0.3, 0.4) is 0 Å². The van der Waals surface area contributed by atoms with Gasteiger partial charge in [0, 0.05) is 17.5 Å². The highest BCUT2D eigenvalue weighted by Gasteiger charge is 2.33. The highest BCUT2D eigenvalue weighted by Crippen LogP contribution is 2.49. The Morgan fingerprint density at radius 1 is 1.16 bits per heavy atom. The molecule has 1 N–H and O–H groups in total. The smallest absolute Gasteiger partial charge is 0.164 e. The van der Waals surface area contributed by atoms with E-state index in [1.165, 1.54) is 7.11 Å². The molecular weight excluding hydrogens is 240 g/mol. The summed E-state index contributed by atoms with van der Waals surface area (Å²) >= 11 is 0. The van der Waals surface area contributed by atoms with Crippen molar-refractivity contribution in [2.75, 3.05) is 7.11 Å². The highest BCUT2D eigenvalue weighted by molar-refractivity contribution is 5.54. The second-order valence-electron chi connectivity index (χ2n) is 4.80. The maximum atomic E-state index is 9.87. The quantitative estimate of drug-likeness (QED) is 0.891. The Bertz CT molecular complexity index is 592. The molecule has 98 valence electrons. The van der Waals surface area contributed by atoms with Crippen molar-refractivity contribution in [2.45, 2.75) is 18.9 Å². The van der Waals surface area contributed by atoms with Crippen LogP contribution in [0.2, 0.25) is 0 Å². The Labute approximate surface area is 112 Å². The third kappa shape index (κ3) is 1.91. The molecule has 3 heteroatoms. The molecule has 0 spiro atoms. The molecule has 2 aromatic rings. The number of methoxy groups -OCH3 is 1. The van der Waals surface area contributed by atoms with Crippen LogP contribution in [-0.2, 0) is 0 Å². The molecule has 0 bridgehead atoms. The van der Waals surface area contributed by atoms with Crippen molar-refractivity contribution in [2.24, 2.45) is 0 Å². The first-order chi connectivity index (χ1) is 9.20. The standard InChI is InChI=1S/C16H16O3/c1-10-12-8-13(17)15(18-2)9-14(12)19-16(10)11-6-4-3-5-7-11/h3-10,16-17H,1-2H3/t10-,16-/m1/s1. The van der Waals surface area contributed by atoms with Crippen LogP contribution in [0.25, 0.3) is 0 Å². The van der Waals surface area contributed by atoms with Gasteiger partial charge in [-0.2, -0.15) is 0 Å². The summed E-state index contributed by atoms with van der Waals surface area (Å²) in [6.07, 6.45) is -0.0114. The number of hydrogen-bond donors (Lipinski definition) is 1. The lowest BCUT2D eigenvalue weighted by Crippen LogP contribution is -2.06. The molecule has 1 aliphatic rings. The van der Waals surface area contributed by atoms with Crippen molar-refractivity contribution in [1.82, 2.24) is 0 Å². The topological polar surface area (TPSA) is 38.7 Å². The molecular formula is C16H16O3. The molecule has 0 aromatic heterocycles. The van der Waals surface area contributed by atoms with Crippen LogP contribution in [-0.4, -0.2) is 12.2 Å². The van der Waals surface area contributed by atoms with E-state index in [4.69, 9.17) is 9.47 Å². The van der Waals surface area contributed by atoms with Gasteiger partial charge < -0.3 is 14.6 Å². The average Bonchev–Trinajstić information content (AvgIpc) is 2.76. The first-order valence-corrected chi connectivity index (χ1v) is 6.33. The van der Waals surface area contributed by atoms with E-state index in [0.29, 0.717) is 5.75 Å². The summed E-state index contributed by atoms with van der Waals surface area (Å²) in [5, 5.41) is 9.87. The maximum Gasteiger partial charge on any atom is 0.164 e. The van der Waals surface area contributed by atoms with E-state index in [-0.39, 0.29) is 17.8 Å². The molecule has 2 aromatic carbocycles. The SMILES string of the molecule is COc1cc2c(cc1O)[C@@H](C)[C@H](c1ccccc1)O2. The number of rotatable bonds is 2. The highest BCUT2D eigenvalue weighted by atomic mass is 16.5. The number of phenolic OH excluding ortho intramolecular Hbond substituents is 1. The normalized spacial score (nSPS) is 20.7. The van der Waals surface area contributed by atoms with Gasteiger partial charge in [0.15, 0.2) is 11.5 Å². The zero-order valence-corrected chi connectivity index (χ0v) is 11.0. The number of hydrogen-bond acceptors (Lipinski definition) is 3. The molecule has 0 radical (unpaired) electrons. The third-order valence-electron chi connectivity index (χ3n) is 3.64. The molecule has 3 nitrogen and oxygen atoms in total. The number of fused-ring (bicyclic) bond motifs is 1. The minimum atomic E-state index is -0.0114. The van der Waals surface area contributed by atoms with Gasteiger partial charge in [0.2, 0.25) is 0 Å². The maximum absolute atomic E-state index is 9.87. The van der Waals surface area contributed by atoms with Gasteiger partial charge in [-0.1, -0.05) is 37.3 Å². The summed E-state index contributed by atoms with van der Waals surface area (Å²) in [5.41, 5.74) is 2.16. The zero-order valence-electron chi connectivity index (χ0n) is 11.0. The van der Waals surface area contributed by atoms with Gasteiger partial charge in [0.05, 0.1) is 7.11 Å². The fourth-order valence-electron chi connectivity index (χ4n) is 2.59. The summed E-state index contributed by atoms with van der Waals surface area (Å²) in [7, 11) is 1.54. The summed E-state index contributed by atoms with van der Waals surface area (Å²) < 4.78 is 11.1. The molecule has 1 aliphatic heterocycles. The molecule has 0 saturated heterocycles.